The highest BCUT2D eigenvalue weighted by atomic mass is 32.2. The summed E-state index contributed by atoms with van der Waals surface area (Å²) >= 11 is 7.61. The maximum Gasteiger partial charge on any atom is 0.169 e. The quantitative estimate of drug-likeness (QED) is 0.650. The van der Waals surface area contributed by atoms with Gasteiger partial charge in [-0.15, -0.1) is 0 Å². The second kappa shape index (κ2) is 8.82. The van der Waals surface area contributed by atoms with Gasteiger partial charge in [0.25, 0.3) is 0 Å². The van der Waals surface area contributed by atoms with Crippen LogP contribution < -0.4 is 5.32 Å². The third kappa shape index (κ3) is 4.66. The van der Waals surface area contributed by atoms with Crippen molar-refractivity contribution in [3.63, 3.8) is 0 Å². The highest BCUT2D eigenvalue weighted by Gasteiger charge is 2.28. The number of rotatable bonds is 5. The molecule has 1 fully saturated rings. The predicted molar refractivity (Wildman–Crippen MR) is 101 cm³/mol. The van der Waals surface area contributed by atoms with Crippen molar-refractivity contribution >= 4 is 29.1 Å². The molecule has 3 nitrogen and oxygen atoms in total. The molecule has 0 radical (unpaired) electrons. The highest BCUT2D eigenvalue weighted by molar-refractivity contribution is 7.98. The van der Waals surface area contributed by atoms with E-state index in [2.05, 4.69) is 53.3 Å². The molecular weight excluding hydrogens is 310 g/mol. The third-order valence-corrected chi connectivity index (χ3v) is 5.64. The van der Waals surface area contributed by atoms with Crippen molar-refractivity contribution in [2.45, 2.75) is 38.6 Å². The zero-order valence-corrected chi connectivity index (χ0v) is 15.7. The van der Waals surface area contributed by atoms with E-state index < -0.39 is 0 Å². The van der Waals surface area contributed by atoms with Crippen LogP contribution in [0.2, 0.25) is 0 Å². The van der Waals surface area contributed by atoms with E-state index in [4.69, 9.17) is 12.2 Å². The average Bonchev–Trinajstić information content (AvgIpc) is 2.82. The number of hydrogen-bond acceptors (Lipinski definition) is 2. The smallest absolute Gasteiger partial charge is 0.169 e. The Labute approximate surface area is 144 Å². The summed E-state index contributed by atoms with van der Waals surface area (Å²) in [4.78, 5) is 2.42. The van der Waals surface area contributed by atoms with E-state index in [0.717, 1.165) is 24.1 Å². The van der Waals surface area contributed by atoms with Crippen LogP contribution in [0.1, 0.15) is 44.3 Å². The Balaban J connectivity index is 2.06. The summed E-state index contributed by atoms with van der Waals surface area (Å²) in [5.74, 6) is 1.97. The minimum absolute atomic E-state index is 0.408. The van der Waals surface area contributed by atoms with Crippen LogP contribution >= 0.6 is 24.0 Å². The molecule has 0 spiro atoms. The van der Waals surface area contributed by atoms with Crippen molar-refractivity contribution in [3.05, 3.63) is 24.0 Å². The molecule has 5 heteroatoms. The molecule has 2 heterocycles. The largest absolute Gasteiger partial charge is 0.363 e. The normalized spacial score (nSPS) is 22.4. The second-order valence-electron chi connectivity index (χ2n) is 6.30. The van der Waals surface area contributed by atoms with Crippen LogP contribution in [0.5, 0.6) is 0 Å². The fourth-order valence-electron chi connectivity index (χ4n) is 3.14. The molecule has 1 aromatic heterocycles. The molecule has 0 bridgehead atoms. The molecule has 0 aromatic carbocycles. The Morgan fingerprint density at radius 3 is 2.91 bits per heavy atom. The SMILES string of the molecule is CSCCCNC(=S)N1CC[C@H](C)CC[C@@H]1c1cccn1C. The van der Waals surface area contributed by atoms with Crippen molar-refractivity contribution in [1.29, 1.82) is 0 Å². The number of aryl methyl sites for hydroxylation is 1. The molecule has 0 aliphatic carbocycles. The first kappa shape index (κ1) is 17.7. The van der Waals surface area contributed by atoms with E-state index in [9.17, 15) is 0 Å². The van der Waals surface area contributed by atoms with Crippen LogP contribution in [0.15, 0.2) is 18.3 Å². The number of nitrogens with one attached hydrogen (secondary N) is 1. The van der Waals surface area contributed by atoms with Crippen molar-refractivity contribution < 1.29 is 0 Å². The molecule has 1 aliphatic heterocycles. The lowest BCUT2D eigenvalue weighted by atomic mass is 10.0. The van der Waals surface area contributed by atoms with Crippen molar-refractivity contribution in [2.24, 2.45) is 13.0 Å². The number of aromatic nitrogens is 1. The fourth-order valence-corrected chi connectivity index (χ4v) is 3.90. The van der Waals surface area contributed by atoms with Gasteiger partial charge in [0, 0.05) is 32.0 Å². The minimum Gasteiger partial charge on any atom is -0.363 e. The molecule has 2 rings (SSSR count). The van der Waals surface area contributed by atoms with E-state index in [1.165, 1.54) is 37.1 Å². The van der Waals surface area contributed by atoms with E-state index >= 15 is 0 Å². The van der Waals surface area contributed by atoms with Crippen LogP contribution in [-0.2, 0) is 7.05 Å². The standard InChI is InChI=1S/C17H29N3S2/c1-14-7-8-16(15-6-4-11-19(15)2)20(12-9-14)17(21)18-10-5-13-22-3/h4,6,11,14,16H,5,7-10,12-13H2,1-3H3,(H,18,21)/t14-,16-/m1/s1. The van der Waals surface area contributed by atoms with E-state index in [-0.39, 0.29) is 0 Å². The maximum absolute atomic E-state index is 5.72. The monoisotopic (exact) mass is 339 g/mol. The van der Waals surface area contributed by atoms with Crippen molar-refractivity contribution in [2.75, 3.05) is 25.1 Å². The summed E-state index contributed by atoms with van der Waals surface area (Å²) in [5, 5.41) is 4.41. The van der Waals surface area contributed by atoms with Gasteiger partial charge in [0.05, 0.1) is 6.04 Å². The van der Waals surface area contributed by atoms with Gasteiger partial charge in [-0.05, 0) is 68.0 Å². The first-order valence-electron chi connectivity index (χ1n) is 8.28. The Bertz CT molecular complexity index is 472. The average molecular weight is 340 g/mol. The fraction of sp³-hybridized carbons (Fsp3) is 0.706. The molecule has 0 unspecified atom stereocenters. The molecule has 1 saturated heterocycles. The number of thiocarbonyl (C=S) groups is 1. The summed E-state index contributed by atoms with van der Waals surface area (Å²) < 4.78 is 2.24. The summed E-state index contributed by atoms with van der Waals surface area (Å²) in [6.07, 6.45) is 9.15. The van der Waals surface area contributed by atoms with Gasteiger partial charge in [-0.3, -0.25) is 0 Å². The van der Waals surface area contributed by atoms with Gasteiger partial charge < -0.3 is 14.8 Å². The lowest BCUT2D eigenvalue weighted by Gasteiger charge is -2.33. The van der Waals surface area contributed by atoms with Crippen LogP contribution in [0.3, 0.4) is 0 Å². The molecule has 0 amide bonds. The molecule has 0 saturated carbocycles. The van der Waals surface area contributed by atoms with Crippen LogP contribution in [0.25, 0.3) is 0 Å². The summed E-state index contributed by atoms with van der Waals surface area (Å²) in [5.41, 5.74) is 1.38. The van der Waals surface area contributed by atoms with Crippen LogP contribution in [0, 0.1) is 5.92 Å². The van der Waals surface area contributed by atoms with E-state index in [1.54, 1.807) is 0 Å². The van der Waals surface area contributed by atoms with Gasteiger partial charge in [-0.1, -0.05) is 6.92 Å². The van der Waals surface area contributed by atoms with Gasteiger partial charge in [-0.2, -0.15) is 11.8 Å². The van der Waals surface area contributed by atoms with Crippen molar-refractivity contribution in [1.82, 2.24) is 14.8 Å². The van der Waals surface area contributed by atoms with E-state index in [1.807, 2.05) is 11.8 Å². The highest BCUT2D eigenvalue weighted by Crippen LogP contribution is 2.32. The lowest BCUT2D eigenvalue weighted by molar-refractivity contribution is 0.306. The van der Waals surface area contributed by atoms with E-state index in [0.29, 0.717) is 6.04 Å². The molecule has 124 valence electrons. The molecular formula is C17H29N3S2. The Morgan fingerprint density at radius 2 is 2.23 bits per heavy atom. The molecule has 22 heavy (non-hydrogen) atoms. The summed E-state index contributed by atoms with van der Waals surface area (Å²) in [7, 11) is 2.14. The molecule has 1 aromatic rings. The first-order valence-corrected chi connectivity index (χ1v) is 10.1. The van der Waals surface area contributed by atoms with Crippen LogP contribution in [0.4, 0.5) is 0 Å². The van der Waals surface area contributed by atoms with Gasteiger partial charge >= 0.3 is 0 Å². The Morgan fingerprint density at radius 1 is 1.41 bits per heavy atom. The third-order valence-electron chi connectivity index (χ3n) is 4.56. The lowest BCUT2D eigenvalue weighted by Crippen LogP contribution is -2.42. The van der Waals surface area contributed by atoms with Gasteiger partial charge in [-0.25, -0.2) is 0 Å². The summed E-state index contributed by atoms with van der Waals surface area (Å²) in [6, 6.07) is 4.78. The second-order valence-corrected chi connectivity index (χ2v) is 7.67. The summed E-state index contributed by atoms with van der Waals surface area (Å²) in [6.45, 7) is 4.40. The number of thioether (sulfide) groups is 1. The zero-order chi connectivity index (χ0) is 15.9. The van der Waals surface area contributed by atoms with Crippen LogP contribution in [-0.4, -0.2) is 39.7 Å². The first-order chi connectivity index (χ1) is 10.6. The Kier molecular flexibility index (Phi) is 7.09. The molecule has 2 atom stereocenters. The van der Waals surface area contributed by atoms with Crippen molar-refractivity contribution in [3.8, 4) is 0 Å². The van der Waals surface area contributed by atoms with Gasteiger partial charge in [0.2, 0.25) is 0 Å². The maximum atomic E-state index is 5.72. The predicted octanol–water partition coefficient (Wildman–Crippen LogP) is 3.82. The number of nitrogens with zero attached hydrogens (tertiary/aromatic N) is 2. The topological polar surface area (TPSA) is 20.2 Å². The Hall–Kier alpha value is -0.680. The van der Waals surface area contributed by atoms with Gasteiger partial charge in [0.15, 0.2) is 5.11 Å². The zero-order valence-electron chi connectivity index (χ0n) is 14.0. The minimum atomic E-state index is 0.408. The molecule has 1 aliphatic rings. The van der Waals surface area contributed by atoms with Gasteiger partial charge in [0.1, 0.15) is 0 Å². The molecule has 1 N–H and O–H groups in total. The number of hydrogen-bond donors (Lipinski definition) is 1. The number of likely N-dealkylation sites (tertiary alicyclic amines) is 1.